The van der Waals surface area contributed by atoms with Crippen LogP contribution < -0.4 is 5.32 Å². The number of rotatable bonds is 5. The van der Waals surface area contributed by atoms with Gasteiger partial charge in [-0.3, -0.25) is 4.79 Å². The van der Waals surface area contributed by atoms with Crippen molar-refractivity contribution in [2.45, 2.75) is 13.8 Å². The fourth-order valence-electron chi connectivity index (χ4n) is 1.25. The Morgan fingerprint density at radius 2 is 1.94 bits per heavy atom. The maximum atomic E-state index is 11.4. The van der Waals surface area contributed by atoms with E-state index in [1.54, 1.807) is 6.07 Å². The molecule has 1 amide bonds. The van der Waals surface area contributed by atoms with Crippen LogP contribution in [0.3, 0.4) is 0 Å². The van der Waals surface area contributed by atoms with Crippen molar-refractivity contribution >= 4 is 17.6 Å². The van der Waals surface area contributed by atoms with Crippen LogP contribution in [0.15, 0.2) is 18.2 Å². The quantitative estimate of drug-likeness (QED) is 0.810. The lowest BCUT2D eigenvalue weighted by Gasteiger charge is -2.07. The Labute approximate surface area is 99.4 Å². The van der Waals surface area contributed by atoms with Crippen LogP contribution in [0, 0.1) is 13.8 Å². The van der Waals surface area contributed by atoms with E-state index in [2.05, 4.69) is 10.1 Å². The number of aryl methyl sites for hydroxylation is 2. The molecule has 5 heteroatoms. The van der Waals surface area contributed by atoms with E-state index in [1.807, 2.05) is 26.0 Å². The highest BCUT2D eigenvalue weighted by molar-refractivity contribution is 5.91. The first-order valence-electron chi connectivity index (χ1n) is 5.15. The number of nitrogens with one attached hydrogen (secondary N) is 1. The molecule has 5 nitrogen and oxygen atoms in total. The van der Waals surface area contributed by atoms with Gasteiger partial charge in [0, 0.05) is 5.69 Å². The van der Waals surface area contributed by atoms with Crippen molar-refractivity contribution in [2.75, 3.05) is 18.5 Å². The number of aliphatic carboxylic acids is 1. The molecule has 0 bridgehead atoms. The highest BCUT2D eigenvalue weighted by atomic mass is 16.5. The number of anilines is 1. The third-order valence-corrected chi connectivity index (χ3v) is 2.25. The van der Waals surface area contributed by atoms with E-state index in [0.29, 0.717) is 5.69 Å². The normalized spacial score (nSPS) is 10.0. The van der Waals surface area contributed by atoms with Gasteiger partial charge in [0.15, 0.2) is 0 Å². The predicted octanol–water partition coefficient (Wildman–Crippen LogP) is 1.34. The number of carboxylic acid groups (broad SMARTS) is 1. The molecule has 1 aromatic rings. The van der Waals surface area contributed by atoms with E-state index >= 15 is 0 Å². The van der Waals surface area contributed by atoms with Gasteiger partial charge >= 0.3 is 5.97 Å². The Morgan fingerprint density at radius 3 is 2.53 bits per heavy atom. The molecular formula is C12H15NO4. The molecule has 2 N–H and O–H groups in total. The average molecular weight is 237 g/mol. The van der Waals surface area contributed by atoms with Gasteiger partial charge in [-0.25, -0.2) is 4.79 Å². The second kappa shape index (κ2) is 6.00. The van der Waals surface area contributed by atoms with Gasteiger partial charge in [-0.2, -0.15) is 0 Å². The summed E-state index contributed by atoms with van der Waals surface area (Å²) >= 11 is 0. The van der Waals surface area contributed by atoms with E-state index < -0.39 is 12.6 Å². The largest absolute Gasteiger partial charge is 0.480 e. The monoisotopic (exact) mass is 237 g/mol. The molecule has 0 fully saturated rings. The van der Waals surface area contributed by atoms with Crippen LogP contribution in [0.25, 0.3) is 0 Å². The average Bonchev–Trinajstić information content (AvgIpc) is 2.23. The van der Waals surface area contributed by atoms with Crippen LogP contribution in [0.1, 0.15) is 11.1 Å². The first kappa shape index (κ1) is 13.2. The van der Waals surface area contributed by atoms with Gasteiger partial charge in [-0.1, -0.05) is 6.07 Å². The lowest BCUT2D eigenvalue weighted by atomic mass is 10.1. The third kappa shape index (κ3) is 4.65. The Kier molecular flexibility index (Phi) is 4.66. The summed E-state index contributed by atoms with van der Waals surface area (Å²) in [5.41, 5.74) is 2.90. The fraction of sp³-hybridized carbons (Fsp3) is 0.333. The Balaban J connectivity index is 2.45. The Bertz CT molecular complexity index is 429. The smallest absolute Gasteiger partial charge is 0.329 e. The Hall–Kier alpha value is -1.88. The topological polar surface area (TPSA) is 75.6 Å². The van der Waals surface area contributed by atoms with Gasteiger partial charge in [-0.05, 0) is 37.1 Å². The summed E-state index contributed by atoms with van der Waals surface area (Å²) in [4.78, 5) is 21.5. The van der Waals surface area contributed by atoms with Gasteiger partial charge in [0.05, 0.1) is 0 Å². The van der Waals surface area contributed by atoms with E-state index in [4.69, 9.17) is 5.11 Å². The minimum atomic E-state index is -1.09. The number of hydrogen-bond donors (Lipinski definition) is 2. The van der Waals surface area contributed by atoms with Crippen molar-refractivity contribution in [1.29, 1.82) is 0 Å². The highest BCUT2D eigenvalue weighted by Gasteiger charge is 2.05. The first-order chi connectivity index (χ1) is 7.99. The summed E-state index contributed by atoms with van der Waals surface area (Å²) in [5.74, 6) is -1.46. The number of hydrogen-bond acceptors (Lipinski definition) is 3. The van der Waals surface area contributed by atoms with Gasteiger partial charge < -0.3 is 15.2 Å². The van der Waals surface area contributed by atoms with Gasteiger partial charge in [0.25, 0.3) is 0 Å². The zero-order valence-electron chi connectivity index (χ0n) is 9.82. The number of ether oxygens (including phenoxy) is 1. The van der Waals surface area contributed by atoms with Gasteiger partial charge in [0.1, 0.15) is 13.2 Å². The first-order valence-corrected chi connectivity index (χ1v) is 5.15. The molecule has 0 aromatic heterocycles. The maximum absolute atomic E-state index is 11.4. The molecule has 0 saturated carbocycles. The van der Waals surface area contributed by atoms with E-state index in [1.165, 1.54) is 0 Å². The maximum Gasteiger partial charge on any atom is 0.329 e. The molecule has 0 aliphatic heterocycles. The lowest BCUT2D eigenvalue weighted by Crippen LogP contribution is -2.20. The molecule has 92 valence electrons. The molecule has 0 spiro atoms. The fourth-order valence-corrected chi connectivity index (χ4v) is 1.25. The van der Waals surface area contributed by atoms with Crippen LogP contribution in [-0.4, -0.2) is 30.2 Å². The van der Waals surface area contributed by atoms with Crippen LogP contribution in [-0.2, 0) is 14.3 Å². The number of carbonyl (C=O) groups is 2. The van der Waals surface area contributed by atoms with E-state index in [0.717, 1.165) is 11.1 Å². The van der Waals surface area contributed by atoms with Crippen molar-refractivity contribution in [2.24, 2.45) is 0 Å². The molecule has 0 atom stereocenters. The van der Waals surface area contributed by atoms with Crippen LogP contribution in [0.4, 0.5) is 5.69 Å². The summed E-state index contributed by atoms with van der Waals surface area (Å²) in [6, 6.07) is 5.55. The summed E-state index contributed by atoms with van der Waals surface area (Å²) in [5, 5.41) is 11.0. The summed E-state index contributed by atoms with van der Waals surface area (Å²) in [6.45, 7) is 3.20. The van der Waals surface area contributed by atoms with Crippen molar-refractivity contribution in [1.82, 2.24) is 0 Å². The summed E-state index contributed by atoms with van der Waals surface area (Å²) in [7, 11) is 0. The van der Waals surface area contributed by atoms with Gasteiger partial charge in [0.2, 0.25) is 5.91 Å². The zero-order valence-corrected chi connectivity index (χ0v) is 9.82. The standard InChI is InChI=1S/C12H15NO4/c1-8-3-4-10(5-9(8)2)13-11(14)6-17-7-12(15)16/h3-5H,6-7H2,1-2H3,(H,13,14)(H,15,16). The second-order valence-electron chi connectivity index (χ2n) is 3.73. The molecule has 17 heavy (non-hydrogen) atoms. The van der Waals surface area contributed by atoms with E-state index in [-0.39, 0.29) is 12.5 Å². The molecule has 0 heterocycles. The number of carbonyl (C=O) groups excluding carboxylic acids is 1. The number of benzene rings is 1. The molecule has 0 aliphatic rings. The number of carboxylic acids is 1. The summed E-state index contributed by atoms with van der Waals surface area (Å²) in [6.07, 6.45) is 0. The van der Waals surface area contributed by atoms with Crippen LogP contribution in [0.5, 0.6) is 0 Å². The number of amides is 1. The van der Waals surface area contributed by atoms with Crippen molar-refractivity contribution in [3.05, 3.63) is 29.3 Å². The second-order valence-corrected chi connectivity index (χ2v) is 3.73. The van der Waals surface area contributed by atoms with Crippen molar-refractivity contribution in [3.63, 3.8) is 0 Å². The van der Waals surface area contributed by atoms with Crippen molar-refractivity contribution < 1.29 is 19.4 Å². The molecule has 1 rings (SSSR count). The van der Waals surface area contributed by atoms with Crippen LogP contribution in [0.2, 0.25) is 0 Å². The van der Waals surface area contributed by atoms with Crippen LogP contribution >= 0.6 is 0 Å². The lowest BCUT2D eigenvalue weighted by molar-refractivity contribution is -0.143. The minimum absolute atomic E-state index is 0.265. The third-order valence-electron chi connectivity index (χ3n) is 2.25. The van der Waals surface area contributed by atoms with Crippen molar-refractivity contribution in [3.8, 4) is 0 Å². The highest BCUT2D eigenvalue weighted by Crippen LogP contribution is 2.13. The molecule has 0 saturated heterocycles. The van der Waals surface area contributed by atoms with Gasteiger partial charge in [-0.15, -0.1) is 0 Å². The molecule has 0 unspecified atom stereocenters. The Morgan fingerprint density at radius 1 is 1.24 bits per heavy atom. The summed E-state index contributed by atoms with van der Waals surface area (Å²) < 4.78 is 4.67. The minimum Gasteiger partial charge on any atom is -0.480 e. The molecular weight excluding hydrogens is 222 g/mol. The molecule has 1 aromatic carbocycles. The predicted molar refractivity (Wildman–Crippen MR) is 63.0 cm³/mol. The van der Waals surface area contributed by atoms with E-state index in [9.17, 15) is 9.59 Å². The SMILES string of the molecule is Cc1ccc(NC(=O)COCC(=O)O)cc1C. The molecule has 0 radical (unpaired) electrons. The zero-order chi connectivity index (χ0) is 12.8. The molecule has 0 aliphatic carbocycles.